The van der Waals surface area contributed by atoms with Crippen LogP contribution in [-0.4, -0.2) is 45.4 Å². The van der Waals surface area contributed by atoms with E-state index in [1.165, 1.54) is 11.1 Å². The van der Waals surface area contributed by atoms with E-state index < -0.39 is 0 Å². The Balaban J connectivity index is -0.000000245. The van der Waals surface area contributed by atoms with Crippen LogP contribution in [0.25, 0.3) is 11.6 Å². The molecule has 78 heavy (non-hydrogen) atoms. The van der Waals surface area contributed by atoms with E-state index in [0.717, 1.165) is 91.9 Å². The Bertz CT molecular complexity index is 4030. The molecular formula is C59H59N17O2. The van der Waals surface area contributed by atoms with Gasteiger partial charge in [0.2, 0.25) is 5.89 Å². The summed E-state index contributed by atoms with van der Waals surface area (Å²) in [5.41, 5.74) is 20.4. The summed E-state index contributed by atoms with van der Waals surface area (Å²) in [4.78, 5) is 37.8. The van der Waals surface area contributed by atoms with Gasteiger partial charge in [0.15, 0.2) is 5.84 Å². The average Bonchev–Trinajstić information content (AvgIpc) is 3.27. The standard InChI is InChI=1S/C30H30N8O.C29H4.HN9O.12H2/c31-27-20-5-2-1-4-19(20)16-30(27)9-13-37(14-10-30)25-18-33-26-23(36-25)17-34-28(26)38-12-3-6-21-24(38)8-7-22(35-21)29-32-11-15-39-29;1-3-5-7-9-11-13-15-17-19-21-23-25-27-29-28-26-24-22-20-18-16-14-12-10-8-6-4-2;1-2-3-4-5-6-7-8-9-10;;;;;;;;;;;;/h1-2,4-5,7-8,11,15,18,27H,3,6,9-10,12-14,16-17,31H2;1H,2H3;1H;12*1H/b;;2-1?,4-3+,6-5+,8-7+;;;;;;;;;;;;/t27-;;;;;;;;;;;;;;/m1............../s1. The number of hydrogen-bond donors (Lipinski definition) is 2. The summed E-state index contributed by atoms with van der Waals surface area (Å²) in [7, 11) is 0. The lowest BCUT2D eigenvalue weighted by Crippen LogP contribution is -2.44. The van der Waals surface area contributed by atoms with Crippen molar-refractivity contribution >= 4 is 17.3 Å². The molecule has 8 rings (SSSR count). The normalized spacial score (nSPS) is 13.4. The van der Waals surface area contributed by atoms with Crippen LogP contribution < -0.4 is 15.5 Å². The van der Waals surface area contributed by atoms with Crippen molar-refractivity contribution in [1.82, 2.24) is 19.9 Å². The van der Waals surface area contributed by atoms with Gasteiger partial charge in [-0.3, -0.25) is 4.99 Å². The van der Waals surface area contributed by atoms with Crippen molar-refractivity contribution in [3.05, 3.63) is 88.2 Å². The summed E-state index contributed by atoms with van der Waals surface area (Å²) >= 11 is 0. The monoisotopic (exact) mass is 1040 g/mol. The maximum atomic E-state index is 9.18. The number of nitrogens with zero attached hydrogens (tertiary/aromatic N) is 15. The van der Waals surface area contributed by atoms with Gasteiger partial charge < -0.3 is 20.0 Å². The first-order chi connectivity index (χ1) is 38.5. The van der Waals surface area contributed by atoms with Gasteiger partial charge in [0, 0.05) is 118 Å². The average molecular weight is 1040 g/mol. The number of aliphatic imine (C=N–C) groups is 1. The topological polar surface area (TPSA) is 249 Å². The molecule has 0 bridgehead atoms. The van der Waals surface area contributed by atoms with Crippen LogP contribution in [-0.2, 0) is 19.4 Å². The minimum absolute atomic E-state index is 0. The Kier molecular flexibility index (Phi) is 22.1. The van der Waals surface area contributed by atoms with E-state index in [-0.39, 0.29) is 28.6 Å². The fourth-order valence-corrected chi connectivity index (χ4v) is 7.85. The first-order valence-corrected chi connectivity index (χ1v) is 22.9. The number of amidine groups is 1. The third-order valence-corrected chi connectivity index (χ3v) is 11.0. The third-order valence-electron chi connectivity index (χ3n) is 11.0. The van der Waals surface area contributed by atoms with E-state index in [9.17, 15) is 4.91 Å². The molecule has 1 aromatic carbocycles. The molecule has 0 amide bonds. The van der Waals surface area contributed by atoms with E-state index in [4.69, 9.17) is 42.0 Å². The van der Waals surface area contributed by atoms with Crippen molar-refractivity contribution in [1.29, 1.82) is 5.53 Å². The highest BCUT2D eigenvalue weighted by Crippen LogP contribution is 2.51. The second kappa shape index (κ2) is 31.2. The van der Waals surface area contributed by atoms with E-state index in [0.29, 0.717) is 12.4 Å². The molecule has 392 valence electrons. The Morgan fingerprint density at radius 2 is 1.28 bits per heavy atom. The summed E-state index contributed by atoms with van der Waals surface area (Å²) in [5, 5.41) is 20.8. The van der Waals surface area contributed by atoms with Gasteiger partial charge in [-0.2, -0.15) is 5.53 Å². The third kappa shape index (κ3) is 16.6. The Morgan fingerprint density at radius 3 is 1.83 bits per heavy atom. The quantitative estimate of drug-likeness (QED) is 0.0806. The molecule has 4 aliphatic rings. The predicted octanol–water partition coefficient (Wildman–Crippen LogP) is 9.52. The van der Waals surface area contributed by atoms with Crippen LogP contribution >= 0.6 is 0 Å². The maximum Gasteiger partial charge on any atom is 0.244 e. The van der Waals surface area contributed by atoms with E-state index in [1.54, 1.807) is 19.4 Å². The van der Waals surface area contributed by atoms with Crippen LogP contribution in [0.5, 0.6) is 0 Å². The zero-order chi connectivity index (χ0) is 54.7. The lowest BCUT2D eigenvalue weighted by atomic mass is 9.73. The molecule has 3 aromatic heterocycles. The fraction of sp³-hybridized carbons (Fsp3) is 0.203. The molecule has 4 aromatic rings. The molecule has 1 saturated heterocycles. The lowest BCUT2D eigenvalue weighted by Gasteiger charge is -2.42. The van der Waals surface area contributed by atoms with Crippen molar-refractivity contribution in [2.24, 2.45) is 58.0 Å². The van der Waals surface area contributed by atoms with E-state index in [2.05, 4.69) is 242 Å². The maximum absolute atomic E-state index is 9.18. The van der Waals surface area contributed by atoms with Gasteiger partial charge in [-0.25, -0.2) is 19.9 Å². The van der Waals surface area contributed by atoms with Gasteiger partial charge in [-0.15, -0.1) is 11.3 Å². The number of nitrogens with two attached hydrogens (primary N) is 1. The first kappa shape index (κ1) is 55.1. The molecule has 19 heteroatoms. The minimum atomic E-state index is 0. The number of rotatable bonds is 6. The number of aromatic nitrogens is 4. The number of fused-ring (bicyclic) bond motifs is 3. The molecule has 3 N–H and O–H groups in total. The van der Waals surface area contributed by atoms with Crippen molar-refractivity contribution in [3.63, 3.8) is 0 Å². The van der Waals surface area contributed by atoms with E-state index >= 15 is 0 Å². The molecule has 3 aliphatic heterocycles. The molecule has 1 fully saturated rings. The van der Waals surface area contributed by atoms with Gasteiger partial charge in [0.05, 0.1) is 36.0 Å². The molecule has 0 saturated carbocycles. The lowest BCUT2D eigenvalue weighted by molar-refractivity contribution is 0.187. The van der Waals surface area contributed by atoms with E-state index in [1.807, 2.05) is 17.5 Å². The summed E-state index contributed by atoms with van der Waals surface area (Å²) in [6, 6.07) is 12.9. The highest BCUT2D eigenvalue weighted by Gasteiger charge is 2.46. The SMILES string of the molecule is C#CC#CC#CC#CC#CC#CC#CC#CC#CC#CC#CC#CC#CC#CC.N=N/N=N/N=N/N=N/N=O.N[C@@H]1c2ccccc2CC12CCN(c1cnc3c(n1)CN=C3N1CCCc3nc(-c4ncco4)ccc31)CC2.[HH].[HH].[HH].[HH].[HH].[HH].[HH].[HH].[HH].[HH].[HH].[HH]. The number of hydrogen-bond acceptors (Lipinski definition) is 11. The summed E-state index contributed by atoms with van der Waals surface area (Å²) in [6.45, 7) is 5.02. The number of aryl methyl sites for hydroxylation is 1. The number of nitrogens with one attached hydrogen (secondary N) is 1. The molecule has 1 aliphatic carbocycles. The van der Waals surface area contributed by atoms with Gasteiger partial charge in [0.1, 0.15) is 28.8 Å². The highest BCUT2D eigenvalue weighted by atomic mass is 16.3. The number of pyridine rings is 1. The fourth-order valence-electron chi connectivity index (χ4n) is 7.85. The molecule has 1 atom stereocenters. The van der Waals surface area contributed by atoms with Crippen molar-refractivity contribution in [3.8, 4) is 178 Å². The predicted molar refractivity (Wildman–Crippen MR) is 315 cm³/mol. The second-order valence-corrected chi connectivity index (χ2v) is 15.4. The number of terminal acetylenes is 1. The summed E-state index contributed by atoms with van der Waals surface area (Å²) in [5.74, 6) is 69.3. The number of anilines is 2. The molecule has 0 radical (unpaired) electrons. The van der Waals surface area contributed by atoms with Crippen molar-refractivity contribution in [2.45, 2.75) is 51.6 Å². The van der Waals surface area contributed by atoms with Crippen LogP contribution in [0.2, 0.25) is 0 Å². The van der Waals surface area contributed by atoms with Crippen LogP contribution in [0.1, 0.15) is 77.6 Å². The number of benzene rings is 1. The van der Waals surface area contributed by atoms with Crippen LogP contribution in [0.4, 0.5) is 11.5 Å². The second-order valence-electron chi connectivity index (χ2n) is 15.4. The Labute approximate surface area is 468 Å². The minimum Gasteiger partial charge on any atom is -0.443 e. The molecular weight excluding hydrogens is 979 g/mol. The molecule has 0 unspecified atom stereocenters. The molecule has 1 spiro atoms. The number of nitroso groups, excluding NO2 is 1. The Hall–Kier alpha value is -12.3. The van der Waals surface area contributed by atoms with Gasteiger partial charge in [-0.1, -0.05) is 30.2 Å². The number of piperidine rings is 1. The smallest absolute Gasteiger partial charge is 0.244 e. The highest BCUT2D eigenvalue weighted by molar-refractivity contribution is 6.11. The van der Waals surface area contributed by atoms with Gasteiger partial charge in [0.25, 0.3) is 0 Å². The summed E-state index contributed by atoms with van der Waals surface area (Å²) < 4.78 is 5.45. The zero-order valence-corrected chi connectivity index (χ0v) is 41.3. The molecule has 19 nitrogen and oxygen atoms in total. The largest absolute Gasteiger partial charge is 0.443 e. The van der Waals surface area contributed by atoms with Gasteiger partial charge >= 0.3 is 0 Å². The first-order valence-electron chi connectivity index (χ1n) is 22.9. The van der Waals surface area contributed by atoms with Crippen LogP contribution in [0, 0.1) is 182 Å². The summed E-state index contributed by atoms with van der Waals surface area (Å²) in [6.07, 6.45) is 15.2. The zero-order valence-electron chi connectivity index (χ0n) is 41.3. The van der Waals surface area contributed by atoms with Crippen LogP contribution in [0.3, 0.4) is 0 Å². The van der Waals surface area contributed by atoms with Gasteiger partial charge in [-0.05, 0) is 183 Å². The van der Waals surface area contributed by atoms with Crippen LogP contribution in [0.15, 0.2) is 106 Å². The van der Waals surface area contributed by atoms with Crippen molar-refractivity contribution < 1.29 is 21.5 Å². The Morgan fingerprint density at radius 1 is 0.705 bits per heavy atom. The number of oxazole rings is 1. The molecule has 6 heterocycles. The van der Waals surface area contributed by atoms with Crippen molar-refractivity contribution in [2.75, 3.05) is 29.4 Å².